The number of aromatic nitrogens is 2. The molecule has 2 aromatic heterocycles. The molecule has 0 amide bonds. The van der Waals surface area contributed by atoms with Gasteiger partial charge >= 0.3 is 5.97 Å². The van der Waals surface area contributed by atoms with Crippen molar-refractivity contribution in [1.82, 2.24) is 9.97 Å². The monoisotopic (exact) mass is 344 g/mol. The molecule has 0 saturated heterocycles. The van der Waals surface area contributed by atoms with E-state index in [-0.39, 0.29) is 6.61 Å². The highest BCUT2D eigenvalue weighted by Gasteiger charge is 2.17. The van der Waals surface area contributed by atoms with Crippen LogP contribution < -0.4 is 0 Å². The maximum absolute atomic E-state index is 12.1. The zero-order valence-electron chi connectivity index (χ0n) is 11.7. The van der Waals surface area contributed by atoms with E-state index in [0.717, 1.165) is 17.8 Å². The first kappa shape index (κ1) is 16.2. The summed E-state index contributed by atoms with van der Waals surface area (Å²) in [6.45, 7) is 3.86. The van der Waals surface area contributed by atoms with Crippen LogP contribution in [0.5, 0.6) is 0 Å². The van der Waals surface area contributed by atoms with Gasteiger partial charge in [0.15, 0.2) is 0 Å². The predicted octanol–water partition coefficient (Wildman–Crippen LogP) is 4.46. The van der Waals surface area contributed by atoms with Crippen LogP contribution in [0.2, 0.25) is 10.2 Å². The van der Waals surface area contributed by atoms with E-state index in [1.807, 2.05) is 0 Å². The SMILES string of the molecule is CCCc1nc(C)c(C(=O)OCc2nc(Cl)ccc2Cl)s1. The summed E-state index contributed by atoms with van der Waals surface area (Å²) >= 11 is 13.1. The number of halogens is 2. The van der Waals surface area contributed by atoms with Gasteiger partial charge in [0.1, 0.15) is 16.6 Å². The number of ether oxygens (including phenoxy) is 1. The van der Waals surface area contributed by atoms with Gasteiger partial charge in [0.25, 0.3) is 0 Å². The minimum Gasteiger partial charge on any atom is -0.455 e. The maximum Gasteiger partial charge on any atom is 0.350 e. The minimum atomic E-state index is -0.412. The first-order chi connectivity index (χ1) is 10.0. The van der Waals surface area contributed by atoms with Crippen molar-refractivity contribution in [3.63, 3.8) is 0 Å². The predicted molar refractivity (Wildman–Crippen MR) is 84.2 cm³/mol. The van der Waals surface area contributed by atoms with Crippen LogP contribution in [0.3, 0.4) is 0 Å². The number of pyridine rings is 1. The first-order valence-electron chi connectivity index (χ1n) is 6.45. The molecule has 0 spiro atoms. The van der Waals surface area contributed by atoms with Gasteiger partial charge in [-0.1, -0.05) is 30.1 Å². The number of hydrogen-bond donors (Lipinski definition) is 0. The van der Waals surface area contributed by atoms with Gasteiger partial charge in [-0.3, -0.25) is 0 Å². The number of hydrogen-bond acceptors (Lipinski definition) is 5. The molecule has 0 unspecified atom stereocenters. The first-order valence-corrected chi connectivity index (χ1v) is 8.02. The second-order valence-electron chi connectivity index (χ2n) is 4.41. The lowest BCUT2D eigenvalue weighted by Gasteiger charge is -2.05. The summed E-state index contributed by atoms with van der Waals surface area (Å²) in [5.74, 6) is -0.412. The summed E-state index contributed by atoms with van der Waals surface area (Å²) in [6.07, 6.45) is 1.85. The molecule has 0 saturated carbocycles. The molecule has 112 valence electrons. The smallest absolute Gasteiger partial charge is 0.350 e. The van der Waals surface area contributed by atoms with E-state index in [9.17, 15) is 4.79 Å². The van der Waals surface area contributed by atoms with Crippen molar-refractivity contribution in [3.05, 3.63) is 43.6 Å². The fraction of sp³-hybridized carbons (Fsp3) is 0.357. The normalized spacial score (nSPS) is 10.7. The van der Waals surface area contributed by atoms with Crippen molar-refractivity contribution in [2.24, 2.45) is 0 Å². The zero-order chi connectivity index (χ0) is 15.4. The molecule has 0 aliphatic carbocycles. The molecule has 2 rings (SSSR count). The third kappa shape index (κ3) is 4.15. The highest BCUT2D eigenvalue weighted by atomic mass is 35.5. The standard InChI is InChI=1S/C14H14Cl2N2O2S/c1-3-4-12-17-8(2)13(21-12)14(19)20-7-10-9(15)5-6-11(16)18-10/h5-6H,3-4,7H2,1-2H3. The summed E-state index contributed by atoms with van der Waals surface area (Å²) in [5, 5.41) is 1.67. The third-order valence-electron chi connectivity index (χ3n) is 2.71. The number of carbonyl (C=O) groups excluding carboxylic acids is 1. The Hall–Kier alpha value is -1.17. The quantitative estimate of drug-likeness (QED) is 0.593. The Kier molecular flexibility index (Phi) is 5.56. The Bertz CT molecular complexity index is 658. The molecule has 7 heteroatoms. The van der Waals surface area contributed by atoms with Crippen LogP contribution in [-0.2, 0) is 17.8 Å². The van der Waals surface area contributed by atoms with Crippen molar-refractivity contribution in [3.8, 4) is 0 Å². The molecule has 0 bridgehead atoms. The van der Waals surface area contributed by atoms with Crippen LogP contribution >= 0.6 is 34.5 Å². The molecule has 2 aromatic rings. The number of rotatable bonds is 5. The van der Waals surface area contributed by atoms with Crippen molar-refractivity contribution < 1.29 is 9.53 Å². The molecule has 2 heterocycles. The molecular formula is C14H14Cl2N2O2S. The van der Waals surface area contributed by atoms with Crippen LogP contribution in [0.4, 0.5) is 0 Å². The summed E-state index contributed by atoms with van der Waals surface area (Å²) in [7, 11) is 0. The number of esters is 1. The molecule has 0 aromatic carbocycles. The molecule has 0 atom stereocenters. The van der Waals surface area contributed by atoms with Crippen LogP contribution in [0.15, 0.2) is 12.1 Å². The summed E-state index contributed by atoms with van der Waals surface area (Å²) < 4.78 is 5.25. The number of carbonyl (C=O) groups is 1. The van der Waals surface area contributed by atoms with E-state index in [1.54, 1.807) is 19.1 Å². The summed E-state index contributed by atoms with van der Waals surface area (Å²) in [5.41, 5.74) is 1.13. The van der Waals surface area contributed by atoms with Gasteiger partial charge in [-0.15, -0.1) is 11.3 Å². The number of aryl methyl sites for hydroxylation is 2. The van der Waals surface area contributed by atoms with Gasteiger partial charge < -0.3 is 4.74 Å². The van der Waals surface area contributed by atoms with Crippen molar-refractivity contribution in [1.29, 1.82) is 0 Å². The minimum absolute atomic E-state index is 0.0152. The van der Waals surface area contributed by atoms with E-state index in [0.29, 0.717) is 26.4 Å². The Balaban J connectivity index is 2.06. The van der Waals surface area contributed by atoms with Gasteiger partial charge in [-0.05, 0) is 31.9 Å². The Morgan fingerprint density at radius 2 is 2.10 bits per heavy atom. The van der Waals surface area contributed by atoms with E-state index < -0.39 is 5.97 Å². The van der Waals surface area contributed by atoms with E-state index in [1.165, 1.54) is 11.3 Å². The van der Waals surface area contributed by atoms with Crippen molar-refractivity contribution >= 4 is 40.5 Å². The Morgan fingerprint density at radius 1 is 1.33 bits per heavy atom. The third-order valence-corrected chi connectivity index (χ3v) is 4.47. The lowest BCUT2D eigenvalue weighted by molar-refractivity contribution is 0.0472. The van der Waals surface area contributed by atoms with Gasteiger partial charge in [-0.25, -0.2) is 14.8 Å². The van der Waals surface area contributed by atoms with Crippen LogP contribution in [-0.4, -0.2) is 15.9 Å². The van der Waals surface area contributed by atoms with E-state index in [4.69, 9.17) is 27.9 Å². The topological polar surface area (TPSA) is 52.1 Å². The average Bonchev–Trinajstić information content (AvgIpc) is 2.81. The second kappa shape index (κ2) is 7.20. The second-order valence-corrected chi connectivity index (χ2v) is 6.29. The highest BCUT2D eigenvalue weighted by molar-refractivity contribution is 7.13. The molecule has 0 radical (unpaired) electrons. The Labute approximate surface area is 137 Å². The van der Waals surface area contributed by atoms with E-state index >= 15 is 0 Å². The summed E-state index contributed by atoms with van der Waals surface area (Å²) in [6, 6.07) is 3.21. The summed E-state index contributed by atoms with van der Waals surface area (Å²) in [4.78, 5) is 21.0. The average molecular weight is 345 g/mol. The lowest BCUT2D eigenvalue weighted by Crippen LogP contribution is -2.06. The van der Waals surface area contributed by atoms with Gasteiger partial charge in [0.2, 0.25) is 0 Å². The molecular weight excluding hydrogens is 331 g/mol. The number of nitrogens with zero attached hydrogens (tertiary/aromatic N) is 2. The van der Waals surface area contributed by atoms with Crippen LogP contribution in [0.25, 0.3) is 0 Å². The fourth-order valence-electron chi connectivity index (χ4n) is 1.72. The highest BCUT2D eigenvalue weighted by Crippen LogP contribution is 2.22. The van der Waals surface area contributed by atoms with Gasteiger partial charge in [0, 0.05) is 0 Å². The van der Waals surface area contributed by atoms with Crippen molar-refractivity contribution in [2.45, 2.75) is 33.3 Å². The molecule has 0 fully saturated rings. The molecule has 0 N–H and O–H groups in total. The zero-order valence-corrected chi connectivity index (χ0v) is 14.0. The fourth-order valence-corrected chi connectivity index (χ4v) is 3.11. The molecule has 4 nitrogen and oxygen atoms in total. The van der Waals surface area contributed by atoms with Gasteiger partial charge in [0.05, 0.1) is 21.4 Å². The van der Waals surface area contributed by atoms with E-state index in [2.05, 4.69) is 16.9 Å². The van der Waals surface area contributed by atoms with Crippen LogP contribution in [0.1, 0.15) is 39.4 Å². The van der Waals surface area contributed by atoms with Crippen molar-refractivity contribution in [2.75, 3.05) is 0 Å². The number of thiazole rings is 1. The largest absolute Gasteiger partial charge is 0.455 e. The molecule has 0 aliphatic heterocycles. The lowest BCUT2D eigenvalue weighted by atomic mass is 10.3. The Morgan fingerprint density at radius 3 is 2.81 bits per heavy atom. The van der Waals surface area contributed by atoms with Crippen LogP contribution in [0, 0.1) is 6.92 Å². The maximum atomic E-state index is 12.1. The molecule has 21 heavy (non-hydrogen) atoms. The molecule has 0 aliphatic rings. The van der Waals surface area contributed by atoms with Gasteiger partial charge in [-0.2, -0.15) is 0 Å².